The second-order valence-electron chi connectivity index (χ2n) is 3.65. The van der Waals surface area contributed by atoms with Crippen molar-refractivity contribution < 1.29 is 0 Å². The number of H-pyrrole nitrogens is 1. The van der Waals surface area contributed by atoms with Crippen LogP contribution in [0.25, 0.3) is 22.3 Å². The minimum absolute atomic E-state index is 0.130. The molecular formula is C14H8N2O. The topological polar surface area (TPSA) is 45.8 Å². The van der Waals surface area contributed by atoms with Crippen LogP contribution in [0.1, 0.15) is 0 Å². The fourth-order valence-corrected chi connectivity index (χ4v) is 1.71. The third-order valence-electron chi connectivity index (χ3n) is 2.53. The van der Waals surface area contributed by atoms with Crippen LogP contribution in [0.3, 0.4) is 0 Å². The molecule has 3 aromatic rings. The number of benzene rings is 2. The number of aromatic amines is 1. The molecule has 0 spiro atoms. The van der Waals surface area contributed by atoms with Gasteiger partial charge in [0.25, 0.3) is 5.56 Å². The predicted octanol–water partition coefficient (Wildman–Crippen LogP) is 2.19. The van der Waals surface area contributed by atoms with Crippen LogP contribution in [0.2, 0.25) is 0 Å². The summed E-state index contributed by atoms with van der Waals surface area (Å²) in [4.78, 5) is 19.0. The van der Waals surface area contributed by atoms with Crippen molar-refractivity contribution in [1.29, 1.82) is 0 Å². The highest BCUT2D eigenvalue weighted by molar-refractivity contribution is 5.79. The molecule has 0 amide bonds. The zero-order valence-corrected chi connectivity index (χ0v) is 8.90. The lowest BCUT2D eigenvalue weighted by Gasteiger charge is -2.02. The molecule has 0 aliphatic heterocycles. The lowest BCUT2D eigenvalue weighted by molar-refractivity contribution is 1.18. The van der Waals surface area contributed by atoms with Crippen molar-refractivity contribution in [2.24, 2.45) is 0 Å². The van der Waals surface area contributed by atoms with E-state index in [9.17, 15) is 4.79 Å². The predicted molar refractivity (Wildman–Crippen MR) is 65.5 cm³/mol. The average Bonchev–Trinajstić information content (AvgIpc) is 2.40. The summed E-state index contributed by atoms with van der Waals surface area (Å²) in [6, 6.07) is 18.3. The molecule has 2 radical (unpaired) electrons. The molecule has 0 bridgehead atoms. The van der Waals surface area contributed by atoms with E-state index in [0.717, 1.165) is 5.56 Å². The van der Waals surface area contributed by atoms with Crippen molar-refractivity contribution in [3.05, 3.63) is 65.0 Å². The third kappa shape index (κ3) is 1.72. The first-order valence-corrected chi connectivity index (χ1v) is 5.21. The summed E-state index contributed by atoms with van der Waals surface area (Å²) >= 11 is 0. The van der Waals surface area contributed by atoms with E-state index in [1.165, 1.54) is 0 Å². The third-order valence-corrected chi connectivity index (χ3v) is 2.53. The van der Waals surface area contributed by atoms with Gasteiger partial charge in [0.1, 0.15) is 5.82 Å². The molecule has 0 fully saturated rings. The van der Waals surface area contributed by atoms with Crippen molar-refractivity contribution in [3.8, 4) is 11.4 Å². The Labute approximate surface area is 97.8 Å². The number of para-hydroxylation sites is 1. The number of fused-ring (bicyclic) bond motifs is 1. The Hall–Kier alpha value is -2.42. The number of rotatable bonds is 1. The van der Waals surface area contributed by atoms with E-state index in [1.54, 1.807) is 24.3 Å². The van der Waals surface area contributed by atoms with Crippen LogP contribution in [0, 0.1) is 12.1 Å². The van der Waals surface area contributed by atoms with Crippen LogP contribution in [-0.2, 0) is 0 Å². The smallest absolute Gasteiger partial charge is 0.259 e. The summed E-state index contributed by atoms with van der Waals surface area (Å²) in [7, 11) is 0. The number of nitrogens with one attached hydrogen (secondary N) is 1. The van der Waals surface area contributed by atoms with E-state index >= 15 is 0 Å². The molecule has 1 aromatic heterocycles. The average molecular weight is 220 g/mol. The van der Waals surface area contributed by atoms with Crippen LogP contribution in [-0.4, -0.2) is 9.97 Å². The summed E-state index contributed by atoms with van der Waals surface area (Å²) in [5, 5.41) is 0.597. The maximum Gasteiger partial charge on any atom is 0.259 e. The first-order valence-electron chi connectivity index (χ1n) is 5.21. The van der Waals surface area contributed by atoms with Gasteiger partial charge in [0.2, 0.25) is 0 Å². The molecule has 17 heavy (non-hydrogen) atoms. The van der Waals surface area contributed by atoms with Gasteiger partial charge in [-0.2, -0.15) is 0 Å². The van der Waals surface area contributed by atoms with Crippen molar-refractivity contribution in [2.75, 3.05) is 0 Å². The van der Waals surface area contributed by atoms with E-state index in [2.05, 4.69) is 22.1 Å². The molecule has 1 N–H and O–H groups in total. The molecule has 1 heterocycles. The fraction of sp³-hybridized carbons (Fsp3) is 0. The zero-order chi connectivity index (χ0) is 11.7. The van der Waals surface area contributed by atoms with Gasteiger partial charge >= 0.3 is 0 Å². The Kier molecular flexibility index (Phi) is 2.22. The van der Waals surface area contributed by atoms with Crippen molar-refractivity contribution in [3.63, 3.8) is 0 Å². The van der Waals surface area contributed by atoms with Gasteiger partial charge in [-0.1, -0.05) is 12.1 Å². The first-order chi connectivity index (χ1) is 8.34. The van der Waals surface area contributed by atoms with Crippen LogP contribution in [0.15, 0.2) is 47.3 Å². The molecule has 3 heteroatoms. The summed E-state index contributed by atoms with van der Waals surface area (Å²) in [6.45, 7) is 0. The van der Waals surface area contributed by atoms with Gasteiger partial charge in [-0.3, -0.25) is 4.79 Å². The van der Waals surface area contributed by atoms with Crippen molar-refractivity contribution in [2.45, 2.75) is 0 Å². The molecule has 0 aliphatic carbocycles. The van der Waals surface area contributed by atoms with E-state index < -0.39 is 0 Å². The second kappa shape index (κ2) is 3.87. The van der Waals surface area contributed by atoms with Crippen LogP contribution < -0.4 is 5.56 Å². The molecule has 3 nitrogen and oxygen atoms in total. The monoisotopic (exact) mass is 220 g/mol. The van der Waals surface area contributed by atoms with Gasteiger partial charge in [0, 0.05) is 5.56 Å². The van der Waals surface area contributed by atoms with Gasteiger partial charge in [-0.15, -0.1) is 0 Å². The Morgan fingerprint density at radius 2 is 1.88 bits per heavy atom. The molecule has 0 unspecified atom stereocenters. The van der Waals surface area contributed by atoms with E-state index in [0.29, 0.717) is 16.7 Å². The van der Waals surface area contributed by atoms with Crippen LogP contribution >= 0.6 is 0 Å². The molecule has 80 valence electrons. The zero-order valence-electron chi connectivity index (χ0n) is 8.90. The summed E-state index contributed by atoms with van der Waals surface area (Å²) in [5.41, 5.74) is 1.36. The van der Waals surface area contributed by atoms with Crippen molar-refractivity contribution >= 4 is 10.9 Å². The Balaban J connectivity index is 2.30. The molecule has 2 aromatic carbocycles. The van der Waals surface area contributed by atoms with Gasteiger partial charge in [-0.05, 0) is 42.5 Å². The molecule has 0 atom stereocenters. The van der Waals surface area contributed by atoms with Crippen LogP contribution in [0.5, 0.6) is 0 Å². The lowest BCUT2D eigenvalue weighted by Crippen LogP contribution is -2.09. The summed E-state index contributed by atoms with van der Waals surface area (Å²) in [5.74, 6) is 0.543. The number of hydrogen-bond donors (Lipinski definition) is 1. The largest absolute Gasteiger partial charge is 0.306 e. The summed E-state index contributed by atoms with van der Waals surface area (Å²) in [6.07, 6.45) is 0. The van der Waals surface area contributed by atoms with E-state index in [1.807, 2.05) is 18.2 Å². The highest BCUT2D eigenvalue weighted by Crippen LogP contribution is 2.14. The Bertz CT molecular complexity index is 717. The highest BCUT2D eigenvalue weighted by Gasteiger charge is 2.04. The molecule has 0 saturated heterocycles. The SMILES string of the molecule is O=c1[nH]c(-c2c[c]c[c]c2)nc2ccccc12. The minimum Gasteiger partial charge on any atom is -0.306 e. The van der Waals surface area contributed by atoms with Crippen molar-refractivity contribution in [1.82, 2.24) is 9.97 Å². The fourth-order valence-electron chi connectivity index (χ4n) is 1.71. The molecule has 0 aliphatic rings. The van der Waals surface area contributed by atoms with Gasteiger partial charge < -0.3 is 4.98 Å². The van der Waals surface area contributed by atoms with Gasteiger partial charge in [-0.25, -0.2) is 4.98 Å². The Morgan fingerprint density at radius 1 is 1.12 bits per heavy atom. The normalized spacial score (nSPS) is 10.6. The maximum atomic E-state index is 11.9. The molecule has 3 rings (SSSR count). The molecular weight excluding hydrogens is 212 g/mol. The quantitative estimate of drug-likeness (QED) is 0.683. The van der Waals surface area contributed by atoms with Gasteiger partial charge in [0.05, 0.1) is 10.9 Å². The van der Waals surface area contributed by atoms with Gasteiger partial charge in [0.15, 0.2) is 0 Å². The number of nitrogens with zero attached hydrogens (tertiary/aromatic N) is 1. The standard InChI is InChI=1S/C14H8N2O/c17-14-11-8-4-5-9-12(11)15-13(16-14)10-6-2-1-3-7-10/h1,4-9H,(H,15,16,17). The number of hydrogen-bond acceptors (Lipinski definition) is 2. The Morgan fingerprint density at radius 3 is 2.71 bits per heavy atom. The second-order valence-corrected chi connectivity index (χ2v) is 3.65. The highest BCUT2D eigenvalue weighted by atomic mass is 16.1. The first kappa shape index (κ1) is 9.78. The van der Waals surface area contributed by atoms with E-state index in [4.69, 9.17) is 0 Å². The number of aromatic nitrogens is 2. The maximum absolute atomic E-state index is 11.9. The lowest BCUT2D eigenvalue weighted by atomic mass is 10.2. The van der Waals surface area contributed by atoms with E-state index in [-0.39, 0.29) is 5.56 Å². The van der Waals surface area contributed by atoms with Crippen LogP contribution in [0.4, 0.5) is 0 Å². The minimum atomic E-state index is -0.130. The summed E-state index contributed by atoms with van der Waals surface area (Å²) < 4.78 is 0. The molecule has 0 saturated carbocycles.